The van der Waals surface area contributed by atoms with E-state index in [4.69, 9.17) is 5.73 Å². The first-order valence-corrected chi connectivity index (χ1v) is 4.23. The molecule has 1 aromatic rings. The van der Waals surface area contributed by atoms with Gasteiger partial charge >= 0.3 is 5.97 Å². The Kier molecular flexibility index (Phi) is 3.07. The first-order chi connectivity index (χ1) is 6.60. The highest BCUT2D eigenvalue weighted by atomic mass is 32.1. The van der Waals surface area contributed by atoms with Crippen LogP contribution < -0.4 is 5.73 Å². The normalized spacial score (nSPS) is 12.1. The fourth-order valence-electron chi connectivity index (χ4n) is 0.814. The first kappa shape index (κ1) is 10.5. The van der Waals surface area contributed by atoms with Gasteiger partial charge < -0.3 is 10.5 Å². The van der Waals surface area contributed by atoms with Crippen molar-refractivity contribution >= 4 is 22.4 Å². The van der Waals surface area contributed by atoms with Crippen LogP contribution in [-0.4, -0.2) is 18.1 Å². The highest BCUT2D eigenvalue weighted by Gasteiger charge is 2.29. The summed E-state index contributed by atoms with van der Waals surface area (Å²) in [5, 5.41) is 1.55. The molecule has 1 heterocycles. The van der Waals surface area contributed by atoms with Crippen LogP contribution in [0.1, 0.15) is 11.7 Å². The lowest BCUT2D eigenvalue weighted by atomic mass is 10.2. The van der Waals surface area contributed by atoms with Crippen molar-refractivity contribution in [3.63, 3.8) is 0 Å². The van der Waals surface area contributed by atoms with E-state index in [1.165, 1.54) is 0 Å². The molecule has 76 valence electrons. The minimum Gasteiger partial charge on any atom is -0.467 e. The number of nitrogen functional groups attached to an aromatic ring is 1. The molecule has 0 spiro atoms. The van der Waals surface area contributed by atoms with Crippen molar-refractivity contribution in [2.45, 2.75) is 6.04 Å². The molecule has 0 aliphatic heterocycles. The third-order valence-electron chi connectivity index (χ3n) is 1.42. The Bertz CT molecular complexity index is 367. The fraction of sp³-hybridized carbons (Fsp3) is 0.333. The van der Waals surface area contributed by atoms with E-state index in [1.54, 1.807) is 0 Å². The number of hydrogen-bond donors (Lipinski definition) is 1. The SMILES string of the molecule is COC(=O)C(N=O)c1nc(N)sc1F. The number of anilines is 1. The molecule has 0 aromatic carbocycles. The zero-order chi connectivity index (χ0) is 10.7. The topological polar surface area (TPSA) is 94.6 Å². The predicted octanol–water partition coefficient (Wildman–Crippen LogP) is 0.845. The summed E-state index contributed by atoms with van der Waals surface area (Å²) in [6.45, 7) is 0. The second-order valence-corrected chi connectivity index (χ2v) is 3.22. The summed E-state index contributed by atoms with van der Waals surface area (Å²) in [5.74, 6) is -0.968. The van der Waals surface area contributed by atoms with Gasteiger partial charge in [-0.15, -0.1) is 4.91 Å². The van der Waals surface area contributed by atoms with Crippen molar-refractivity contribution in [3.05, 3.63) is 15.7 Å². The molecule has 0 saturated heterocycles. The molecule has 14 heavy (non-hydrogen) atoms. The number of halogens is 1. The second kappa shape index (κ2) is 4.09. The van der Waals surface area contributed by atoms with Gasteiger partial charge in [0.2, 0.25) is 11.2 Å². The lowest BCUT2D eigenvalue weighted by Crippen LogP contribution is -2.13. The molecule has 0 saturated carbocycles. The summed E-state index contributed by atoms with van der Waals surface area (Å²) in [7, 11) is 1.06. The third kappa shape index (κ3) is 1.84. The summed E-state index contributed by atoms with van der Waals surface area (Å²) in [4.78, 5) is 24.7. The summed E-state index contributed by atoms with van der Waals surface area (Å²) < 4.78 is 17.3. The average molecular weight is 219 g/mol. The molecule has 1 rings (SSSR count). The van der Waals surface area contributed by atoms with Crippen molar-refractivity contribution in [2.24, 2.45) is 5.18 Å². The van der Waals surface area contributed by atoms with Crippen LogP contribution >= 0.6 is 11.3 Å². The van der Waals surface area contributed by atoms with Gasteiger partial charge in [-0.3, -0.25) is 0 Å². The number of nitroso groups, excluding NO2 is 1. The number of rotatable bonds is 3. The molecular weight excluding hydrogens is 213 g/mol. The van der Waals surface area contributed by atoms with Gasteiger partial charge in [-0.2, -0.15) is 4.39 Å². The largest absolute Gasteiger partial charge is 0.467 e. The Hall–Kier alpha value is -1.57. The van der Waals surface area contributed by atoms with Crippen LogP contribution in [0.3, 0.4) is 0 Å². The van der Waals surface area contributed by atoms with Gasteiger partial charge in [0.25, 0.3) is 0 Å². The molecule has 6 nitrogen and oxygen atoms in total. The molecule has 0 radical (unpaired) electrons. The molecule has 0 bridgehead atoms. The third-order valence-corrected chi connectivity index (χ3v) is 2.10. The number of hydrogen-bond acceptors (Lipinski definition) is 7. The van der Waals surface area contributed by atoms with E-state index in [-0.39, 0.29) is 5.13 Å². The van der Waals surface area contributed by atoms with Crippen LogP contribution in [0.15, 0.2) is 5.18 Å². The number of esters is 1. The van der Waals surface area contributed by atoms with Crippen LogP contribution in [-0.2, 0) is 9.53 Å². The van der Waals surface area contributed by atoms with Gasteiger partial charge in [-0.25, -0.2) is 9.78 Å². The molecule has 0 aliphatic rings. The van der Waals surface area contributed by atoms with E-state index in [9.17, 15) is 14.1 Å². The standard InChI is InChI=1S/C6H6FN3O3S/c1-13-5(11)3(10-12)2-4(7)14-6(8)9-2/h3H,1H3,(H2,8,9). The summed E-state index contributed by atoms with van der Waals surface area (Å²) in [6.07, 6.45) is 0. The number of nitrogens with two attached hydrogens (primary N) is 1. The van der Waals surface area contributed by atoms with Crippen LogP contribution in [0.25, 0.3) is 0 Å². The smallest absolute Gasteiger partial charge is 0.340 e. The number of ether oxygens (including phenoxy) is 1. The Morgan fingerprint density at radius 3 is 2.79 bits per heavy atom. The lowest BCUT2D eigenvalue weighted by molar-refractivity contribution is -0.142. The minimum absolute atomic E-state index is 0.0740. The maximum absolute atomic E-state index is 13.0. The Morgan fingerprint density at radius 2 is 2.43 bits per heavy atom. The van der Waals surface area contributed by atoms with Gasteiger partial charge in [-0.1, -0.05) is 11.3 Å². The van der Waals surface area contributed by atoms with Crippen molar-refractivity contribution in [3.8, 4) is 0 Å². The van der Waals surface area contributed by atoms with E-state index in [0.29, 0.717) is 11.3 Å². The average Bonchev–Trinajstić information content (AvgIpc) is 2.47. The Morgan fingerprint density at radius 1 is 1.79 bits per heavy atom. The number of aromatic nitrogens is 1. The molecule has 1 atom stereocenters. The number of methoxy groups -OCH3 is 1. The van der Waals surface area contributed by atoms with Crippen LogP contribution in [0.4, 0.5) is 9.52 Å². The van der Waals surface area contributed by atoms with Crippen molar-refractivity contribution in [1.82, 2.24) is 4.98 Å². The van der Waals surface area contributed by atoms with E-state index in [2.05, 4.69) is 14.9 Å². The second-order valence-electron chi connectivity index (χ2n) is 2.24. The van der Waals surface area contributed by atoms with Crippen molar-refractivity contribution < 1.29 is 13.9 Å². The predicted molar refractivity (Wildman–Crippen MR) is 47.0 cm³/mol. The maximum Gasteiger partial charge on any atom is 0.340 e. The number of thiazole rings is 1. The monoisotopic (exact) mass is 219 g/mol. The van der Waals surface area contributed by atoms with Gasteiger partial charge in [0.15, 0.2) is 5.13 Å². The van der Waals surface area contributed by atoms with Crippen LogP contribution in [0.2, 0.25) is 0 Å². The van der Waals surface area contributed by atoms with Gasteiger partial charge in [0.05, 0.1) is 7.11 Å². The van der Waals surface area contributed by atoms with E-state index in [0.717, 1.165) is 7.11 Å². The zero-order valence-electron chi connectivity index (χ0n) is 7.06. The van der Waals surface area contributed by atoms with Gasteiger partial charge in [0, 0.05) is 0 Å². The summed E-state index contributed by atoms with van der Waals surface area (Å²) >= 11 is 0.534. The highest BCUT2D eigenvalue weighted by molar-refractivity contribution is 7.13. The van der Waals surface area contributed by atoms with Crippen LogP contribution in [0, 0.1) is 10.0 Å². The minimum atomic E-state index is -1.59. The first-order valence-electron chi connectivity index (χ1n) is 3.42. The van der Waals surface area contributed by atoms with Gasteiger partial charge in [-0.05, 0) is 5.18 Å². The van der Waals surface area contributed by atoms with Crippen molar-refractivity contribution in [1.29, 1.82) is 0 Å². The molecule has 0 fully saturated rings. The Labute approximate surface area is 81.9 Å². The molecule has 1 unspecified atom stereocenters. The van der Waals surface area contributed by atoms with Crippen molar-refractivity contribution in [2.75, 3.05) is 12.8 Å². The molecule has 0 amide bonds. The summed E-state index contributed by atoms with van der Waals surface area (Å²) in [5.41, 5.74) is 4.79. The summed E-state index contributed by atoms with van der Waals surface area (Å²) in [6, 6.07) is -1.59. The maximum atomic E-state index is 13.0. The molecule has 0 aliphatic carbocycles. The fourth-order valence-corrected chi connectivity index (χ4v) is 1.40. The van der Waals surface area contributed by atoms with E-state index >= 15 is 0 Å². The highest BCUT2D eigenvalue weighted by Crippen LogP contribution is 2.26. The quantitative estimate of drug-likeness (QED) is 0.600. The number of nitrogens with zero attached hydrogens (tertiary/aromatic N) is 2. The zero-order valence-corrected chi connectivity index (χ0v) is 7.88. The van der Waals surface area contributed by atoms with Gasteiger partial charge in [0.1, 0.15) is 5.69 Å². The Balaban J connectivity index is 3.06. The molecular formula is C6H6FN3O3S. The van der Waals surface area contributed by atoms with Crippen LogP contribution in [0.5, 0.6) is 0 Å². The lowest BCUT2D eigenvalue weighted by Gasteiger charge is -2.02. The van der Waals surface area contributed by atoms with E-state index < -0.39 is 22.8 Å². The molecule has 1 aromatic heterocycles. The molecule has 2 N–H and O–H groups in total. The number of carbonyl (C=O) groups excluding carboxylic acids is 1. The molecule has 8 heteroatoms. The van der Waals surface area contributed by atoms with E-state index in [1.807, 2.05) is 0 Å². The number of carbonyl (C=O) groups is 1.